The van der Waals surface area contributed by atoms with Crippen molar-refractivity contribution in [3.8, 4) is 0 Å². The molecule has 5 nitrogen and oxygen atoms in total. The number of hydrogen-bond acceptors (Lipinski definition) is 4. The fraction of sp³-hybridized carbons (Fsp3) is 0.462. The maximum atomic E-state index is 11.6. The predicted octanol–water partition coefficient (Wildman–Crippen LogP) is 4.48. The second-order valence-electron chi connectivity index (χ2n) is 5.15. The summed E-state index contributed by atoms with van der Waals surface area (Å²) in [5.41, 5.74) is -0.136. The molecule has 0 spiro atoms. The molecule has 1 amide bonds. The molecule has 1 aromatic carbocycles. The molecule has 20 heavy (non-hydrogen) atoms. The van der Waals surface area contributed by atoms with E-state index < -0.39 is 17.2 Å². The van der Waals surface area contributed by atoms with Crippen molar-refractivity contribution < 1.29 is 9.53 Å². The molecule has 0 aliphatic rings. The molecule has 0 heterocycles. The van der Waals surface area contributed by atoms with Crippen molar-refractivity contribution in [2.45, 2.75) is 38.4 Å². The summed E-state index contributed by atoms with van der Waals surface area (Å²) in [5, 5.41) is 5.40. The third-order valence-corrected chi connectivity index (χ3v) is 3.36. The minimum absolute atomic E-state index is 0.256. The lowest BCUT2D eigenvalue weighted by Gasteiger charge is -2.20. The summed E-state index contributed by atoms with van der Waals surface area (Å²) in [4.78, 5) is 22.0. The van der Waals surface area contributed by atoms with E-state index in [2.05, 4.69) is 26.4 Å². The van der Waals surface area contributed by atoms with Crippen molar-refractivity contribution >= 4 is 33.6 Å². The first-order chi connectivity index (χ1) is 9.23. The molecule has 0 aliphatic carbocycles. The smallest absolute Gasteiger partial charge is 0.407 e. The van der Waals surface area contributed by atoms with Gasteiger partial charge < -0.3 is 10.1 Å². The van der Waals surface area contributed by atoms with Crippen LogP contribution in [0.1, 0.15) is 37.4 Å². The van der Waals surface area contributed by atoms with Crippen LogP contribution in [0.25, 0.3) is 0 Å². The van der Waals surface area contributed by atoms with Gasteiger partial charge in [-0.05, 0) is 49.2 Å². The van der Waals surface area contributed by atoms with Gasteiger partial charge in [-0.15, -0.1) is 4.91 Å². The van der Waals surface area contributed by atoms with Crippen molar-refractivity contribution in [2.24, 2.45) is 5.18 Å². The Kier molecular flexibility index (Phi) is 5.95. The maximum Gasteiger partial charge on any atom is 0.407 e. The average molecular weight is 364 g/mol. The lowest BCUT2D eigenvalue weighted by Crippen LogP contribution is -2.32. The van der Waals surface area contributed by atoms with Gasteiger partial charge in [0.15, 0.2) is 5.50 Å². The van der Waals surface area contributed by atoms with E-state index in [9.17, 15) is 9.70 Å². The minimum atomic E-state index is -0.941. The van der Waals surface area contributed by atoms with Crippen LogP contribution < -0.4 is 5.32 Å². The standard InChI is InChI=1S/C13H16BrClN2O3/c1-13(2,3)20-12(18)16-7-9-6-8(11(15)17-19)4-5-10(9)14/h4-6,11H,7H2,1-3H3,(H,16,18). The molecule has 110 valence electrons. The van der Waals surface area contributed by atoms with E-state index in [4.69, 9.17) is 16.3 Å². The molecule has 1 aromatic rings. The first-order valence-electron chi connectivity index (χ1n) is 5.94. The van der Waals surface area contributed by atoms with Gasteiger partial charge in [0.25, 0.3) is 0 Å². The summed E-state index contributed by atoms with van der Waals surface area (Å²) in [5.74, 6) is 0. The van der Waals surface area contributed by atoms with Gasteiger partial charge in [-0.25, -0.2) is 4.79 Å². The van der Waals surface area contributed by atoms with E-state index in [1.165, 1.54) is 0 Å². The van der Waals surface area contributed by atoms with Gasteiger partial charge in [-0.2, -0.15) is 0 Å². The zero-order valence-corrected chi connectivity index (χ0v) is 13.8. The summed E-state index contributed by atoms with van der Waals surface area (Å²) in [7, 11) is 0. The van der Waals surface area contributed by atoms with Gasteiger partial charge in [0, 0.05) is 11.0 Å². The van der Waals surface area contributed by atoms with Crippen LogP contribution in [0.3, 0.4) is 0 Å². The van der Waals surface area contributed by atoms with Crippen LogP contribution in [0.2, 0.25) is 0 Å². The van der Waals surface area contributed by atoms with Crippen LogP contribution in [0, 0.1) is 4.91 Å². The highest BCUT2D eigenvalue weighted by Gasteiger charge is 2.16. The fourth-order valence-electron chi connectivity index (χ4n) is 1.42. The van der Waals surface area contributed by atoms with Crippen LogP contribution in [-0.4, -0.2) is 11.7 Å². The maximum absolute atomic E-state index is 11.6. The zero-order chi connectivity index (χ0) is 15.3. The highest BCUT2D eigenvalue weighted by atomic mass is 79.9. The number of hydrogen-bond donors (Lipinski definition) is 1. The quantitative estimate of drug-likeness (QED) is 0.487. The number of rotatable bonds is 4. The van der Waals surface area contributed by atoms with Crippen LogP contribution in [0.5, 0.6) is 0 Å². The lowest BCUT2D eigenvalue weighted by atomic mass is 10.1. The number of alkyl carbamates (subject to hydrolysis) is 1. The Bertz CT molecular complexity index is 503. The molecule has 0 fully saturated rings. The molecule has 0 aliphatic heterocycles. The highest BCUT2D eigenvalue weighted by Crippen LogP contribution is 2.26. The van der Waals surface area contributed by atoms with Gasteiger partial charge in [-0.1, -0.05) is 33.6 Å². The Balaban J connectivity index is 2.72. The van der Waals surface area contributed by atoms with Crippen molar-refractivity contribution in [1.29, 1.82) is 0 Å². The molecule has 1 rings (SSSR count). The number of alkyl halides is 1. The molecule has 0 aromatic heterocycles. The summed E-state index contributed by atoms with van der Waals surface area (Å²) in [6.07, 6.45) is -0.509. The minimum Gasteiger partial charge on any atom is -0.444 e. The number of nitroso groups, excluding NO2 is 1. The largest absolute Gasteiger partial charge is 0.444 e. The van der Waals surface area contributed by atoms with E-state index >= 15 is 0 Å². The number of carbonyl (C=O) groups is 1. The molecular formula is C13H16BrClN2O3. The van der Waals surface area contributed by atoms with Gasteiger partial charge in [0.2, 0.25) is 0 Å². The Morgan fingerprint density at radius 1 is 1.50 bits per heavy atom. The second kappa shape index (κ2) is 7.04. The summed E-state index contributed by atoms with van der Waals surface area (Å²) < 4.78 is 5.94. The molecule has 1 N–H and O–H groups in total. The normalized spacial score (nSPS) is 12.7. The van der Waals surface area contributed by atoms with Crippen LogP contribution in [0.4, 0.5) is 4.79 Å². The number of halogens is 2. The van der Waals surface area contributed by atoms with Crippen molar-refractivity contribution in [3.05, 3.63) is 38.7 Å². The number of benzene rings is 1. The monoisotopic (exact) mass is 362 g/mol. The topological polar surface area (TPSA) is 67.8 Å². The molecule has 0 saturated heterocycles. The number of carbonyl (C=O) groups excluding carboxylic acids is 1. The van der Waals surface area contributed by atoms with Crippen LogP contribution in [0.15, 0.2) is 27.8 Å². The number of nitrogens with zero attached hydrogens (tertiary/aromatic N) is 1. The Hall–Kier alpha value is -1.14. The fourth-order valence-corrected chi connectivity index (χ4v) is 1.94. The predicted molar refractivity (Wildman–Crippen MR) is 81.6 cm³/mol. The third kappa shape index (κ3) is 5.46. The zero-order valence-electron chi connectivity index (χ0n) is 11.4. The van der Waals surface area contributed by atoms with E-state index in [0.717, 1.165) is 10.0 Å². The van der Waals surface area contributed by atoms with Gasteiger partial charge >= 0.3 is 6.09 Å². The third-order valence-electron chi connectivity index (χ3n) is 2.26. The first kappa shape index (κ1) is 16.9. The van der Waals surface area contributed by atoms with Gasteiger partial charge in [-0.3, -0.25) is 0 Å². The van der Waals surface area contributed by atoms with E-state index in [1.54, 1.807) is 39.0 Å². The lowest BCUT2D eigenvalue weighted by molar-refractivity contribution is 0.0523. The highest BCUT2D eigenvalue weighted by molar-refractivity contribution is 9.10. The molecule has 1 atom stereocenters. The van der Waals surface area contributed by atoms with Crippen molar-refractivity contribution in [3.63, 3.8) is 0 Å². The summed E-state index contributed by atoms with van der Waals surface area (Å²) in [6.45, 7) is 5.62. The number of nitrogens with one attached hydrogen (secondary N) is 1. The first-order valence-corrected chi connectivity index (χ1v) is 7.17. The molecule has 0 bridgehead atoms. The van der Waals surface area contributed by atoms with Gasteiger partial charge in [0.05, 0.1) is 0 Å². The Labute approximate surface area is 131 Å². The summed E-state index contributed by atoms with van der Waals surface area (Å²) in [6, 6.07) is 5.16. The molecule has 1 unspecified atom stereocenters. The van der Waals surface area contributed by atoms with E-state index in [-0.39, 0.29) is 6.54 Å². The average Bonchev–Trinajstić information content (AvgIpc) is 2.34. The van der Waals surface area contributed by atoms with Crippen LogP contribution >= 0.6 is 27.5 Å². The summed E-state index contributed by atoms with van der Waals surface area (Å²) >= 11 is 9.13. The number of amides is 1. The second-order valence-corrected chi connectivity index (χ2v) is 6.42. The van der Waals surface area contributed by atoms with Crippen LogP contribution in [-0.2, 0) is 11.3 Å². The molecular weight excluding hydrogens is 348 g/mol. The molecule has 7 heteroatoms. The van der Waals surface area contributed by atoms with Gasteiger partial charge in [0.1, 0.15) is 5.60 Å². The number of ether oxygens (including phenoxy) is 1. The molecule has 0 saturated carbocycles. The van der Waals surface area contributed by atoms with Crippen molar-refractivity contribution in [2.75, 3.05) is 0 Å². The Morgan fingerprint density at radius 3 is 2.70 bits per heavy atom. The molecule has 0 radical (unpaired) electrons. The Morgan fingerprint density at radius 2 is 2.15 bits per heavy atom. The van der Waals surface area contributed by atoms with Crippen molar-refractivity contribution in [1.82, 2.24) is 5.32 Å². The SMILES string of the molecule is CC(C)(C)OC(=O)NCc1cc(C(Cl)N=O)ccc1Br. The van der Waals surface area contributed by atoms with E-state index in [0.29, 0.717) is 5.56 Å². The van der Waals surface area contributed by atoms with E-state index in [1.807, 2.05) is 0 Å².